The Hall–Kier alpha value is -1.95. The second-order valence-electron chi connectivity index (χ2n) is 4.41. The number of pyridine rings is 1. The fourth-order valence-corrected chi connectivity index (χ4v) is 1.95. The standard InChI is InChI=1S/C15H15BrFN3O/c16-12-5-6-14(20-10-12)18-7-2-8-19-15(21)11-3-1-4-13(17)9-11/h1,3-6,9-10H,2,7-8H2,(H,18,20)(H,19,21). The normalized spacial score (nSPS) is 10.2. The van der Waals surface area contributed by atoms with Crippen LogP contribution in [-0.4, -0.2) is 24.0 Å². The molecule has 0 unspecified atom stereocenters. The van der Waals surface area contributed by atoms with E-state index in [-0.39, 0.29) is 5.91 Å². The number of aromatic nitrogens is 1. The molecule has 1 aromatic carbocycles. The SMILES string of the molecule is O=C(NCCCNc1ccc(Br)cn1)c1cccc(F)c1. The Morgan fingerprint density at radius 2 is 2.10 bits per heavy atom. The minimum Gasteiger partial charge on any atom is -0.370 e. The van der Waals surface area contributed by atoms with E-state index < -0.39 is 5.82 Å². The Morgan fingerprint density at radius 1 is 1.24 bits per heavy atom. The van der Waals surface area contributed by atoms with Crippen molar-refractivity contribution in [2.75, 3.05) is 18.4 Å². The van der Waals surface area contributed by atoms with Crippen LogP contribution in [0.15, 0.2) is 47.1 Å². The zero-order valence-corrected chi connectivity index (χ0v) is 12.9. The van der Waals surface area contributed by atoms with Crippen molar-refractivity contribution in [2.24, 2.45) is 0 Å². The minimum absolute atomic E-state index is 0.267. The fourth-order valence-electron chi connectivity index (χ4n) is 1.72. The molecule has 1 aromatic heterocycles. The average Bonchev–Trinajstić information content (AvgIpc) is 2.48. The number of nitrogens with zero attached hydrogens (tertiary/aromatic N) is 1. The van der Waals surface area contributed by atoms with Gasteiger partial charge in [0.1, 0.15) is 11.6 Å². The second kappa shape index (κ2) is 7.73. The molecule has 0 aliphatic rings. The van der Waals surface area contributed by atoms with Crippen LogP contribution >= 0.6 is 15.9 Å². The number of hydrogen-bond acceptors (Lipinski definition) is 3. The molecule has 0 aliphatic heterocycles. The third-order valence-corrected chi connectivity index (χ3v) is 3.23. The summed E-state index contributed by atoms with van der Waals surface area (Å²) in [6.07, 6.45) is 2.47. The van der Waals surface area contributed by atoms with Crippen molar-refractivity contribution < 1.29 is 9.18 Å². The van der Waals surface area contributed by atoms with E-state index in [0.717, 1.165) is 16.7 Å². The Morgan fingerprint density at radius 3 is 2.81 bits per heavy atom. The quantitative estimate of drug-likeness (QED) is 0.785. The summed E-state index contributed by atoms with van der Waals surface area (Å²) in [6.45, 7) is 1.21. The number of carbonyl (C=O) groups is 1. The lowest BCUT2D eigenvalue weighted by atomic mass is 10.2. The smallest absolute Gasteiger partial charge is 0.251 e. The van der Waals surface area contributed by atoms with Crippen molar-refractivity contribution in [1.29, 1.82) is 0 Å². The predicted octanol–water partition coefficient (Wildman–Crippen LogP) is 3.22. The topological polar surface area (TPSA) is 54.0 Å². The number of benzene rings is 1. The number of hydrogen-bond donors (Lipinski definition) is 2. The summed E-state index contributed by atoms with van der Waals surface area (Å²) in [7, 11) is 0. The molecule has 110 valence electrons. The predicted molar refractivity (Wildman–Crippen MR) is 83.8 cm³/mol. The van der Waals surface area contributed by atoms with E-state index >= 15 is 0 Å². The van der Waals surface area contributed by atoms with Crippen molar-refractivity contribution >= 4 is 27.7 Å². The van der Waals surface area contributed by atoms with Crippen LogP contribution in [0.25, 0.3) is 0 Å². The molecule has 0 saturated heterocycles. The maximum absolute atomic E-state index is 13.0. The number of amides is 1. The first-order valence-corrected chi connectivity index (χ1v) is 7.33. The summed E-state index contributed by atoms with van der Waals surface area (Å²) in [5.41, 5.74) is 0.331. The summed E-state index contributed by atoms with van der Waals surface area (Å²) >= 11 is 3.32. The molecule has 2 rings (SSSR count). The van der Waals surface area contributed by atoms with Crippen molar-refractivity contribution in [3.8, 4) is 0 Å². The van der Waals surface area contributed by atoms with Crippen LogP contribution in [0, 0.1) is 5.82 Å². The molecule has 2 N–H and O–H groups in total. The van der Waals surface area contributed by atoms with Crippen molar-refractivity contribution in [2.45, 2.75) is 6.42 Å². The van der Waals surface area contributed by atoms with Gasteiger partial charge in [-0.05, 0) is 52.7 Å². The molecule has 0 fully saturated rings. The third-order valence-electron chi connectivity index (χ3n) is 2.76. The van der Waals surface area contributed by atoms with E-state index in [9.17, 15) is 9.18 Å². The molecule has 1 heterocycles. The van der Waals surface area contributed by atoms with Crippen molar-refractivity contribution in [3.05, 3.63) is 58.4 Å². The molecule has 2 aromatic rings. The molecule has 0 radical (unpaired) electrons. The average molecular weight is 352 g/mol. The molecule has 4 nitrogen and oxygen atoms in total. The first-order chi connectivity index (χ1) is 10.1. The molecule has 21 heavy (non-hydrogen) atoms. The Bertz CT molecular complexity index is 604. The summed E-state index contributed by atoms with van der Waals surface area (Å²) in [5, 5.41) is 5.90. The van der Waals surface area contributed by atoms with Gasteiger partial charge in [-0.25, -0.2) is 9.37 Å². The molecule has 0 aliphatic carbocycles. The summed E-state index contributed by atoms with van der Waals surface area (Å²) in [4.78, 5) is 15.9. The first-order valence-electron chi connectivity index (χ1n) is 6.54. The molecule has 0 spiro atoms. The van der Waals surface area contributed by atoms with E-state index in [1.165, 1.54) is 18.2 Å². The zero-order valence-electron chi connectivity index (χ0n) is 11.3. The fraction of sp³-hybridized carbons (Fsp3) is 0.200. The highest BCUT2D eigenvalue weighted by Gasteiger charge is 2.05. The number of carbonyl (C=O) groups excluding carboxylic acids is 1. The lowest BCUT2D eigenvalue weighted by Gasteiger charge is -2.07. The van der Waals surface area contributed by atoms with Gasteiger partial charge >= 0.3 is 0 Å². The summed E-state index contributed by atoms with van der Waals surface area (Å²) in [6, 6.07) is 9.41. The van der Waals surface area contributed by atoms with E-state index in [1.807, 2.05) is 12.1 Å². The molecule has 0 atom stereocenters. The van der Waals surface area contributed by atoms with Crippen LogP contribution in [0.3, 0.4) is 0 Å². The molecule has 1 amide bonds. The van der Waals surface area contributed by atoms with Gasteiger partial charge in [-0.1, -0.05) is 6.07 Å². The van der Waals surface area contributed by atoms with E-state index in [1.54, 1.807) is 12.3 Å². The number of halogens is 2. The van der Waals surface area contributed by atoms with Gasteiger partial charge in [0, 0.05) is 29.3 Å². The first kappa shape index (κ1) is 15.4. The van der Waals surface area contributed by atoms with E-state index in [2.05, 4.69) is 31.5 Å². The largest absolute Gasteiger partial charge is 0.370 e. The van der Waals surface area contributed by atoms with Crippen LogP contribution in [0.4, 0.5) is 10.2 Å². The van der Waals surface area contributed by atoms with E-state index in [0.29, 0.717) is 18.7 Å². The molecular formula is C15H15BrFN3O. The van der Waals surface area contributed by atoms with Gasteiger partial charge in [0.05, 0.1) is 0 Å². The Labute approximate surface area is 130 Å². The maximum atomic E-state index is 13.0. The van der Waals surface area contributed by atoms with Gasteiger partial charge in [0.25, 0.3) is 5.91 Å². The monoisotopic (exact) mass is 351 g/mol. The second-order valence-corrected chi connectivity index (χ2v) is 5.32. The van der Waals surface area contributed by atoms with Gasteiger partial charge in [-0.15, -0.1) is 0 Å². The van der Waals surface area contributed by atoms with Crippen LogP contribution < -0.4 is 10.6 Å². The number of rotatable bonds is 6. The maximum Gasteiger partial charge on any atom is 0.251 e. The summed E-state index contributed by atoms with van der Waals surface area (Å²) < 4.78 is 13.9. The van der Waals surface area contributed by atoms with Crippen LogP contribution in [0.2, 0.25) is 0 Å². The van der Waals surface area contributed by atoms with E-state index in [4.69, 9.17) is 0 Å². The highest BCUT2D eigenvalue weighted by molar-refractivity contribution is 9.10. The lowest BCUT2D eigenvalue weighted by molar-refractivity contribution is 0.0953. The van der Waals surface area contributed by atoms with Gasteiger partial charge in [-0.3, -0.25) is 4.79 Å². The molecule has 0 bridgehead atoms. The van der Waals surface area contributed by atoms with Gasteiger partial charge in [0.2, 0.25) is 0 Å². The molecule has 6 heteroatoms. The highest BCUT2D eigenvalue weighted by atomic mass is 79.9. The number of anilines is 1. The molecular weight excluding hydrogens is 337 g/mol. The molecule has 0 saturated carbocycles. The number of nitrogens with one attached hydrogen (secondary N) is 2. The van der Waals surface area contributed by atoms with Gasteiger partial charge < -0.3 is 10.6 Å². The Kier molecular flexibility index (Phi) is 5.68. The van der Waals surface area contributed by atoms with Crippen LogP contribution in [-0.2, 0) is 0 Å². The van der Waals surface area contributed by atoms with Crippen molar-refractivity contribution in [3.63, 3.8) is 0 Å². The zero-order chi connectivity index (χ0) is 15.1. The van der Waals surface area contributed by atoms with Crippen LogP contribution in [0.1, 0.15) is 16.8 Å². The van der Waals surface area contributed by atoms with Crippen LogP contribution in [0.5, 0.6) is 0 Å². The highest BCUT2D eigenvalue weighted by Crippen LogP contribution is 2.10. The van der Waals surface area contributed by atoms with Gasteiger partial charge in [0.15, 0.2) is 0 Å². The lowest BCUT2D eigenvalue weighted by Crippen LogP contribution is -2.25. The van der Waals surface area contributed by atoms with Crippen molar-refractivity contribution in [1.82, 2.24) is 10.3 Å². The minimum atomic E-state index is -0.411. The Balaban J connectivity index is 1.68. The van der Waals surface area contributed by atoms with Gasteiger partial charge in [-0.2, -0.15) is 0 Å². The summed E-state index contributed by atoms with van der Waals surface area (Å²) in [5.74, 6) is 0.108. The third kappa shape index (κ3) is 5.15.